The van der Waals surface area contributed by atoms with Crippen molar-refractivity contribution in [3.63, 3.8) is 0 Å². The number of nitrogens with zero attached hydrogens (tertiary/aromatic N) is 1. The summed E-state index contributed by atoms with van der Waals surface area (Å²) in [5.41, 5.74) is 1.57. The van der Waals surface area contributed by atoms with Crippen molar-refractivity contribution in [3.8, 4) is 0 Å². The van der Waals surface area contributed by atoms with Gasteiger partial charge in [0.1, 0.15) is 0 Å². The molecule has 24 heavy (non-hydrogen) atoms. The molecule has 1 heterocycles. The molecule has 0 saturated carbocycles. The van der Waals surface area contributed by atoms with Crippen molar-refractivity contribution in [2.75, 3.05) is 5.32 Å². The van der Waals surface area contributed by atoms with E-state index in [-0.39, 0.29) is 5.91 Å². The van der Waals surface area contributed by atoms with Gasteiger partial charge in [0.2, 0.25) is 0 Å². The molecule has 7 heteroatoms. The van der Waals surface area contributed by atoms with Gasteiger partial charge in [0.05, 0.1) is 5.56 Å². The zero-order valence-corrected chi connectivity index (χ0v) is 16.7. The van der Waals surface area contributed by atoms with Crippen LogP contribution < -0.4 is 5.32 Å². The largest absolute Gasteiger partial charge is 0.298 e. The SMILES string of the molecule is O=C(Nc1ncc(Cc2cc(Cl)ccc2Cl)s1)c1ccccc1I. The molecule has 0 spiro atoms. The Kier molecular flexibility index (Phi) is 5.76. The van der Waals surface area contributed by atoms with Crippen molar-refractivity contribution >= 4 is 68.2 Å². The summed E-state index contributed by atoms with van der Waals surface area (Å²) in [4.78, 5) is 17.6. The van der Waals surface area contributed by atoms with Crippen LogP contribution in [0.3, 0.4) is 0 Å². The van der Waals surface area contributed by atoms with Crippen LogP contribution in [0.5, 0.6) is 0 Å². The van der Waals surface area contributed by atoms with Crippen molar-refractivity contribution in [1.82, 2.24) is 4.98 Å². The van der Waals surface area contributed by atoms with Crippen molar-refractivity contribution in [3.05, 3.63) is 78.3 Å². The first kappa shape index (κ1) is 17.7. The molecular weight excluding hydrogens is 478 g/mol. The third kappa shape index (κ3) is 4.27. The van der Waals surface area contributed by atoms with Gasteiger partial charge in [-0.25, -0.2) is 4.98 Å². The quantitative estimate of drug-likeness (QED) is 0.464. The van der Waals surface area contributed by atoms with Gasteiger partial charge < -0.3 is 0 Å². The van der Waals surface area contributed by atoms with Gasteiger partial charge in [0, 0.05) is 31.1 Å². The maximum atomic E-state index is 12.3. The normalized spacial score (nSPS) is 10.6. The van der Waals surface area contributed by atoms with E-state index in [1.807, 2.05) is 24.3 Å². The van der Waals surface area contributed by atoms with E-state index in [2.05, 4.69) is 32.9 Å². The van der Waals surface area contributed by atoms with Crippen LogP contribution in [-0.4, -0.2) is 10.9 Å². The van der Waals surface area contributed by atoms with Crippen LogP contribution in [0.25, 0.3) is 0 Å². The number of anilines is 1. The highest BCUT2D eigenvalue weighted by atomic mass is 127. The van der Waals surface area contributed by atoms with Gasteiger partial charge in [0.25, 0.3) is 5.91 Å². The van der Waals surface area contributed by atoms with Gasteiger partial charge >= 0.3 is 0 Å². The first-order chi connectivity index (χ1) is 11.5. The average Bonchev–Trinajstić information content (AvgIpc) is 2.98. The maximum Gasteiger partial charge on any atom is 0.258 e. The molecule has 3 nitrogen and oxygen atoms in total. The van der Waals surface area contributed by atoms with E-state index in [4.69, 9.17) is 23.2 Å². The van der Waals surface area contributed by atoms with Crippen LogP contribution in [0.2, 0.25) is 10.0 Å². The minimum atomic E-state index is -0.165. The topological polar surface area (TPSA) is 42.0 Å². The van der Waals surface area contributed by atoms with Gasteiger partial charge in [-0.15, -0.1) is 11.3 Å². The smallest absolute Gasteiger partial charge is 0.258 e. The third-order valence-electron chi connectivity index (χ3n) is 3.26. The molecular formula is C17H11Cl2IN2OS. The van der Waals surface area contributed by atoms with Gasteiger partial charge in [-0.05, 0) is 58.5 Å². The Bertz CT molecular complexity index is 898. The first-order valence-electron chi connectivity index (χ1n) is 6.97. The van der Waals surface area contributed by atoms with Gasteiger partial charge in [-0.3, -0.25) is 10.1 Å². The lowest BCUT2D eigenvalue weighted by Gasteiger charge is -2.04. The second kappa shape index (κ2) is 7.82. The number of amides is 1. The lowest BCUT2D eigenvalue weighted by molar-refractivity contribution is 0.102. The summed E-state index contributed by atoms with van der Waals surface area (Å²) in [6.07, 6.45) is 2.36. The molecule has 1 amide bonds. The van der Waals surface area contributed by atoms with E-state index < -0.39 is 0 Å². The van der Waals surface area contributed by atoms with Gasteiger partial charge in [-0.1, -0.05) is 35.3 Å². The number of carbonyl (C=O) groups excluding carboxylic acids is 1. The molecule has 0 radical (unpaired) electrons. The molecule has 2 aromatic carbocycles. The second-order valence-electron chi connectivity index (χ2n) is 4.98. The van der Waals surface area contributed by atoms with Crippen molar-refractivity contribution in [2.24, 2.45) is 0 Å². The monoisotopic (exact) mass is 488 g/mol. The van der Waals surface area contributed by atoms with Crippen LogP contribution in [0, 0.1) is 3.57 Å². The van der Waals surface area contributed by atoms with E-state index in [0.29, 0.717) is 27.2 Å². The molecule has 0 fully saturated rings. The Morgan fingerprint density at radius 3 is 2.79 bits per heavy atom. The maximum absolute atomic E-state index is 12.3. The molecule has 0 aliphatic carbocycles. The summed E-state index contributed by atoms with van der Waals surface area (Å²) in [7, 11) is 0. The molecule has 0 aliphatic rings. The third-order valence-corrected chi connectivity index (χ3v) is 5.72. The minimum absolute atomic E-state index is 0.165. The number of nitrogens with one attached hydrogen (secondary N) is 1. The summed E-state index contributed by atoms with van der Waals surface area (Å²) in [6.45, 7) is 0. The number of benzene rings is 2. The Labute approximate surface area is 167 Å². The Morgan fingerprint density at radius 1 is 1.21 bits per heavy atom. The van der Waals surface area contributed by atoms with E-state index in [1.54, 1.807) is 24.4 Å². The lowest BCUT2D eigenvalue weighted by atomic mass is 10.1. The van der Waals surface area contributed by atoms with Crippen LogP contribution in [-0.2, 0) is 6.42 Å². The average molecular weight is 489 g/mol. The summed E-state index contributed by atoms with van der Waals surface area (Å²) in [6, 6.07) is 12.8. The zero-order valence-electron chi connectivity index (χ0n) is 12.2. The number of halogens is 3. The summed E-state index contributed by atoms with van der Waals surface area (Å²) < 4.78 is 0.898. The first-order valence-corrected chi connectivity index (χ1v) is 9.62. The number of thiazole rings is 1. The van der Waals surface area contributed by atoms with Gasteiger partial charge in [-0.2, -0.15) is 0 Å². The number of hydrogen-bond acceptors (Lipinski definition) is 3. The van der Waals surface area contributed by atoms with Crippen molar-refractivity contribution in [2.45, 2.75) is 6.42 Å². The summed E-state index contributed by atoms with van der Waals surface area (Å²) >= 11 is 15.8. The number of hydrogen-bond donors (Lipinski definition) is 1. The highest BCUT2D eigenvalue weighted by molar-refractivity contribution is 14.1. The van der Waals surface area contributed by atoms with Crippen LogP contribution in [0.15, 0.2) is 48.7 Å². The molecule has 1 N–H and O–H groups in total. The van der Waals surface area contributed by atoms with Gasteiger partial charge in [0.15, 0.2) is 5.13 Å². The highest BCUT2D eigenvalue weighted by Gasteiger charge is 2.12. The van der Waals surface area contributed by atoms with Crippen molar-refractivity contribution < 1.29 is 4.79 Å². The number of aromatic nitrogens is 1. The van der Waals surface area contributed by atoms with Crippen LogP contribution in [0.1, 0.15) is 20.8 Å². The molecule has 0 unspecified atom stereocenters. The fraction of sp³-hybridized carbons (Fsp3) is 0.0588. The predicted octanol–water partition coefficient (Wildman–Crippen LogP) is 5.90. The fourth-order valence-corrected chi connectivity index (χ4v) is 3.97. The Hall–Kier alpha value is -1.15. The van der Waals surface area contributed by atoms with Crippen LogP contribution >= 0.6 is 57.1 Å². The Balaban J connectivity index is 1.73. The molecule has 1 aromatic heterocycles. The van der Waals surface area contributed by atoms with E-state index in [1.165, 1.54) is 11.3 Å². The highest BCUT2D eigenvalue weighted by Crippen LogP contribution is 2.27. The summed E-state index contributed by atoms with van der Waals surface area (Å²) in [5.74, 6) is -0.165. The molecule has 0 aliphatic heterocycles. The zero-order chi connectivity index (χ0) is 17.1. The molecule has 0 bridgehead atoms. The van der Waals surface area contributed by atoms with E-state index in [9.17, 15) is 4.79 Å². The minimum Gasteiger partial charge on any atom is -0.298 e. The lowest BCUT2D eigenvalue weighted by Crippen LogP contribution is -2.12. The molecule has 0 atom stereocenters. The fourth-order valence-electron chi connectivity index (χ4n) is 2.12. The van der Waals surface area contributed by atoms with Crippen LogP contribution in [0.4, 0.5) is 5.13 Å². The second-order valence-corrected chi connectivity index (χ2v) is 8.10. The standard InChI is InChI=1S/C17H11Cl2IN2OS/c18-11-5-6-14(19)10(7-11)8-12-9-21-17(24-12)22-16(23)13-3-1-2-4-15(13)20/h1-7,9H,8H2,(H,21,22,23). The molecule has 3 rings (SSSR count). The molecule has 0 saturated heterocycles. The van der Waals surface area contributed by atoms with Crippen molar-refractivity contribution in [1.29, 1.82) is 0 Å². The summed E-state index contributed by atoms with van der Waals surface area (Å²) in [5, 5.41) is 4.71. The predicted molar refractivity (Wildman–Crippen MR) is 108 cm³/mol. The number of carbonyl (C=O) groups is 1. The van der Waals surface area contributed by atoms with E-state index in [0.717, 1.165) is 14.0 Å². The molecule has 3 aromatic rings. The Morgan fingerprint density at radius 2 is 2.00 bits per heavy atom. The van der Waals surface area contributed by atoms with E-state index >= 15 is 0 Å². The number of rotatable bonds is 4. The molecule has 122 valence electrons.